The molecule has 2 N–H and O–H groups in total. The van der Waals surface area contributed by atoms with Gasteiger partial charge < -0.3 is 10.2 Å². The van der Waals surface area contributed by atoms with Crippen LogP contribution in [0.5, 0.6) is 0 Å². The molecule has 1 aromatic heterocycles. The van der Waals surface area contributed by atoms with Crippen molar-refractivity contribution < 1.29 is 4.42 Å². The van der Waals surface area contributed by atoms with Crippen LogP contribution < -0.4 is 5.73 Å². The summed E-state index contributed by atoms with van der Waals surface area (Å²) in [5.74, 6) is 0.887. The highest BCUT2D eigenvalue weighted by Crippen LogP contribution is 2.35. The van der Waals surface area contributed by atoms with E-state index in [1.54, 1.807) is 12.1 Å². The summed E-state index contributed by atoms with van der Waals surface area (Å²) in [5.41, 5.74) is 7.56. The van der Waals surface area contributed by atoms with Crippen molar-refractivity contribution in [2.45, 2.75) is 44.1 Å². The Labute approximate surface area is 122 Å². The van der Waals surface area contributed by atoms with Gasteiger partial charge in [0.15, 0.2) is 11.5 Å². The van der Waals surface area contributed by atoms with Gasteiger partial charge in [0.25, 0.3) is 0 Å². The molecule has 1 aliphatic carbocycles. The molecule has 0 spiro atoms. The monoisotopic (exact) mass is 298 g/mol. The number of hydrogen-bond donors (Lipinski definition) is 1. The van der Waals surface area contributed by atoms with Crippen molar-refractivity contribution in [2.75, 3.05) is 0 Å². The number of benzene rings is 1. The van der Waals surface area contributed by atoms with E-state index in [0.717, 1.165) is 12.8 Å². The van der Waals surface area contributed by atoms with E-state index in [1.165, 1.54) is 19.3 Å². The van der Waals surface area contributed by atoms with E-state index in [4.69, 9.17) is 33.4 Å². The van der Waals surface area contributed by atoms with Gasteiger partial charge in [-0.2, -0.15) is 0 Å². The molecule has 0 aliphatic heterocycles. The average molecular weight is 299 g/mol. The van der Waals surface area contributed by atoms with Gasteiger partial charge >= 0.3 is 0 Å². The van der Waals surface area contributed by atoms with Crippen molar-refractivity contribution in [3.63, 3.8) is 0 Å². The minimum Gasteiger partial charge on any atom is -0.439 e. The molecule has 2 unspecified atom stereocenters. The van der Waals surface area contributed by atoms with Gasteiger partial charge in [-0.25, -0.2) is 4.98 Å². The number of oxazole rings is 1. The Morgan fingerprint density at radius 3 is 2.79 bits per heavy atom. The van der Waals surface area contributed by atoms with E-state index in [2.05, 4.69) is 4.98 Å². The second kappa shape index (κ2) is 5.31. The number of nitrogens with two attached hydrogens (primary N) is 1. The third-order valence-electron chi connectivity index (χ3n) is 3.81. The maximum absolute atomic E-state index is 6.24. The van der Waals surface area contributed by atoms with E-state index < -0.39 is 0 Å². The van der Waals surface area contributed by atoms with Crippen LogP contribution in [0.1, 0.15) is 43.9 Å². The zero-order valence-corrected chi connectivity index (χ0v) is 12.0. The van der Waals surface area contributed by atoms with Crippen LogP contribution in [0.3, 0.4) is 0 Å². The summed E-state index contributed by atoms with van der Waals surface area (Å²) in [5, 5.41) is 1.07. The SMILES string of the molecule is NC1CCCCCC1c1nc2cc(Cl)cc(Cl)c2o1. The van der Waals surface area contributed by atoms with E-state index >= 15 is 0 Å². The van der Waals surface area contributed by atoms with Crippen molar-refractivity contribution >= 4 is 34.3 Å². The van der Waals surface area contributed by atoms with Crippen LogP contribution in [0.25, 0.3) is 11.1 Å². The molecular formula is C14H16Cl2N2O. The van der Waals surface area contributed by atoms with Crippen LogP contribution in [0, 0.1) is 0 Å². The lowest BCUT2D eigenvalue weighted by Gasteiger charge is -2.17. The first-order chi connectivity index (χ1) is 9.15. The third kappa shape index (κ3) is 2.60. The quantitative estimate of drug-likeness (QED) is 0.788. The predicted molar refractivity (Wildman–Crippen MR) is 77.8 cm³/mol. The molecule has 1 aliphatic rings. The Morgan fingerprint density at radius 1 is 1.16 bits per heavy atom. The fourth-order valence-electron chi connectivity index (χ4n) is 2.78. The van der Waals surface area contributed by atoms with Gasteiger partial charge in [0.05, 0.1) is 10.9 Å². The summed E-state index contributed by atoms with van der Waals surface area (Å²) in [7, 11) is 0. The fourth-order valence-corrected chi connectivity index (χ4v) is 3.30. The smallest absolute Gasteiger partial charge is 0.200 e. The van der Waals surface area contributed by atoms with E-state index in [0.29, 0.717) is 27.0 Å². The topological polar surface area (TPSA) is 52.0 Å². The Balaban J connectivity index is 2.02. The summed E-state index contributed by atoms with van der Waals surface area (Å²) in [6.45, 7) is 0. The number of hydrogen-bond acceptors (Lipinski definition) is 3. The molecule has 102 valence electrons. The molecule has 0 bridgehead atoms. The number of aromatic nitrogens is 1. The first-order valence-electron chi connectivity index (χ1n) is 6.66. The van der Waals surface area contributed by atoms with Crippen molar-refractivity contribution in [1.82, 2.24) is 4.98 Å². The highest BCUT2D eigenvalue weighted by molar-refractivity contribution is 6.37. The molecule has 5 heteroatoms. The number of nitrogens with zero attached hydrogens (tertiary/aromatic N) is 1. The molecule has 2 atom stereocenters. The molecule has 2 aromatic rings. The lowest BCUT2D eigenvalue weighted by molar-refractivity contribution is 0.402. The largest absolute Gasteiger partial charge is 0.439 e. The molecule has 3 nitrogen and oxygen atoms in total. The molecule has 1 heterocycles. The molecule has 1 aromatic carbocycles. The minimum atomic E-state index is 0.116. The number of halogens is 2. The standard InChI is InChI=1S/C14H16Cl2N2O/c15-8-6-10(16)13-12(7-8)18-14(19-13)9-4-2-1-3-5-11(9)17/h6-7,9,11H,1-5,17H2. The van der Waals surface area contributed by atoms with Gasteiger partial charge in [0.2, 0.25) is 0 Å². The second-order valence-electron chi connectivity index (χ2n) is 5.20. The lowest BCUT2D eigenvalue weighted by Crippen LogP contribution is -2.27. The number of fused-ring (bicyclic) bond motifs is 1. The summed E-state index contributed by atoms with van der Waals surface area (Å²) in [4.78, 5) is 4.53. The molecule has 19 heavy (non-hydrogen) atoms. The number of rotatable bonds is 1. The fraction of sp³-hybridized carbons (Fsp3) is 0.500. The van der Waals surface area contributed by atoms with Crippen LogP contribution in [-0.2, 0) is 0 Å². The summed E-state index contributed by atoms with van der Waals surface area (Å²) in [6, 6.07) is 3.57. The van der Waals surface area contributed by atoms with Crippen LogP contribution >= 0.6 is 23.2 Å². The Hall–Kier alpha value is -0.770. The van der Waals surface area contributed by atoms with Crippen molar-refractivity contribution in [2.24, 2.45) is 5.73 Å². The lowest BCUT2D eigenvalue weighted by atomic mass is 9.95. The Morgan fingerprint density at radius 2 is 1.95 bits per heavy atom. The first-order valence-corrected chi connectivity index (χ1v) is 7.42. The van der Waals surface area contributed by atoms with Crippen LogP contribution in [0.4, 0.5) is 0 Å². The van der Waals surface area contributed by atoms with Gasteiger partial charge in [0, 0.05) is 11.1 Å². The predicted octanol–water partition coefficient (Wildman–Crippen LogP) is 4.51. The molecule has 0 saturated heterocycles. The highest BCUT2D eigenvalue weighted by Gasteiger charge is 2.27. The average Bonchev–Trinajstić information content (AvgIpc) is 2.65. The van der Waals surface area contributed by atoms with Crippen LogP contribution in [0.15, 0.2) is 16.5 Å². The Bertz CT molecular complexity index is 596. The Kier molecular flexibility index (Phi) is 3.70. The zero-order chi connectivity index (χ0) is 13.4. The van der Waals surface area contributed by atoms with Gasteiger partial charge in [0.1, 0.15) is 5.52 Å². The maximum Gasteiger partial charge on any atom is 0.200 e. The third-order valence-corrected chi connectivity index (χ3v) is 4.31. The highest BCUT2D eigenvalue weighted by atomic mass is 35.5. The molecule has 0 amide bonds. The zero-order valence-electron chi connectivity index (χ0n) is 10.5. The molecule has 1 saturated carbocycles. The van der Waals surface area contributed by atoms with Crippen LogP contribution in [-0.4, -0.2) is 11.0 Å². The molecule has 0 radical (unpaired) electrons. The van der Waals surface area contributed by atoms with Gasteiger partial charge in [-0.05, 0) is 25.0 Å². The van der Waals surface area contributed by atoms with Gasteiger partial charge in [-0.15, -0.1) is 0 Å². The van der Waals surface area contributed by atoms with Gasteiger partial charge in [-0.3, -0.25) is 0 Å². The van der Waals surface area contributed by atoms with Crippen molar-refractivity contribution in [3.8, 4) is 0 Å². The maximum atomic E-state index is 6.24. The summed E-state index contributed by atoms with van der Waals surface area (Å²) < 4.78 is 5.84. The van der Waals surface area contributed by atoms with E-state index in [9.17, 15) is 0 Å². The van der Waals surface area contributed by atoms with E-state index in [1.807, 2.05) is 0 Å². The van der Waals surface area contributed by atoms with Crippen LogP contribution in [0.2, 0.25) is 10.0 Å². The summed E-state index contributed by atoms with van der Waals surface area (Å²) >= 11 is 12.1. The van der Waals surface area contributed by atoms with Crippen molar-refractivity contribution in [1.29, 1.82) is 0 Å². The molecule has 3 rings (SSSR count). The van der Waals surface area contributed by atoms with Crippen molar-refractivity contribution in [3.05, 3.63) is 28.1 Å². The molecular weight excluding hydrogens is 283 g/mol. The normalized spacial score (nSPS) is 24.6. The molecule has 1 fully saturated rings. The minimum absolute atomic E-state index is 0.116. The van der Waals surface area contributed by atoms with E-state index in [-0.39, 0.29) is 12.0 Å². The summed E-state index contributed by atoms with van der Waals surface area (Å²) in [6.07, 6.45) is 5.64. The first kappa shape index (κ1) is 13.2. The second-order valence-corrected chi connectivity index (χ2v) is 6.04. The van der Waals surface area contributed by atoms with Gasteiger partial charge in [-0.1, -0.05) is 42.5 Å².